The highest BCUT2D eigenvalue weighted by Gasteiger charge is 2.61. The van der Waals surface area contributed by atoms with Crippen molar-refractivity contribution in [2.45, 2.75) is 64.8 Å². The van der Waals surface area contributed by atoms with Crippen molar-refractivity contribution in [3.63, 3.8) is 0 Å². The number of allylic oxidation sites excluding steroid dienone is 1. The number of piperidine rings is 1. The van der Waals surface area contributed by atoms with E-state index >= 15 is 0 Å². The van der Waals surface area contributed by atoms with Crippen molar-refractivity contribution in [2.75, 3.05) is 26.7 Å². The Kier molecular flexibility index (Phi) is 4.21. The zero-order valence-corrected chi connectivity index (χ0v) is 15.8. The van der Waals surface area contributed by atoms with Gasteiger partial charge in [0.1, 0.15) is 5.76 Å². The molecule has 3 rings (SSSR count). The summed E-state index contributed by atoms with van der Waals surface area (Å²) in [6.07, 6.45) is 4.33. The fourth-order valence-electron chi connectivity index (χ4n) is 3.41. The molecule has 2 fully saturated rings. The second-order valence-corrected chi connectivity index (χ2v) is 8.75. The zero-order chi connectivity index (χ0) is 17.8. The molecule has 0 radical (unpaired) electrons. The van der Waals surface area contributed by atoms with Gasteiger partial charge in [-0.15, -0.1) is 5.06 Å². The predicted octanol–water partition coefficient (Wildman–Crippen LogP) is 1.88. The van der Waals surface area contributed by atoms with Gasteiger partial charge in [0.15, 0.2) is 5.66 Å². The van der Waals surface area contributed by atoms with Gasteiger partial charge >= 0.3 is 0 Å². The Labute approximate surface area is 145 Å². The van der Waals surface area contributed by atoms with Crippen molar-refractivity contribution >= 4 is 5.91 Å². The van der Waals surface area contributed by atoms with E-state index in [0.717, 1.165) is 38.2 Å². The van der Waals surface area contributed by atoms with Crippen LogP contribution >= 0.6 is 0 Å². The molecular formula is C18H31N3O3. The Bertz CT molecular complexity index is 544. The van der Waals surface area contributed by atoms with Crippen molar-refractivity contribution in [3.8, 4) is 0 Å². The number of likely N-dealkylation sites (tertiary alicyclic amines) is 1. The maximum atomic E-state index is 13.0. The van der Waals surface area contributed by atoms with Gasteiger partial charge in [-0.1, -0.05) is 20.8 Å². The Morgan fingerprint density at radius 1 is 1.29 bits per heavy atom. The number of nitrogens with one attached hydrogen (secondary N) is 1. The van der Waals surface area contributed by atoms with Crippen LogP contribution in [0.1, 0.15) is 47.5 Å². The van der Waals surface area contributed by atoms with Crippen molar-refractivity contribution in [1.82, 2.24) is 15.3 Å². The van der Waals surface area contributed by atoms with Gasteiger partial charge in [-0.05, 0) is 26.7 Å². The fraction of sp³-hybridized carbons (Fsp3) is 0.833. The molecule has 3 heterocycles. The topological polar surface area (TPSA) is 53.8 Å². The van der Waals surface area contributed by atoms with Crippen LogP contribution in [0.15, 0.2) is 11.8 Å². The highest BCUT2D eigenvalue weighted by Crippen LogP contribution is 2.45. The molecule has 3 aliphatic heterocycles. The Morgan fingerprint density at radius 2 is 1.92 bits per heavy atom. The summed E-state index contributed by atoms with van der Waals surface area (Å²) in [5.74, 6) is 0.976. The molecule has 0 aromatic rings. The van der Waals surface area contributed by atoms with E-state index < -0.39 is 11.2 Å². The van der Waals surface area contributed by atoms with Gasteiger partial charge < -0.3 is 14.9 Å². The number of nitrogens with zero attached hydrogens (tertiary/aromatic N) is 2. The molecule has 2 unspecified atom stereocenters. The van der Waals surface area contributed by atoms with Crippen LogP contribution in [0.5, 0.6) is 0 Å². The lowest BCUT2D eigenvalue weighted by molar-refractivity contribution is -0.135. The first-order valence-electron chi connectivity index (χ1n) is 8.88. The summed E-state index contributed by atoms with van der Waals surface area (Å²) in [5.41, 5.74) is -1.04. The average molecular weight is 337 g/mol. The summed E-state index contributed by atoms with van der Waals surface area (Å²) in [7, 11) is 1.76. The lowest BCUT2D eigenvalue weighted by Gasteiger charge is -2.41. The summed E-state index contributed by atoms with van der Waals surface area (Å²) < 4.78 is 5.43. The van der Waals surface area contributed by atoms with E-state index in [4.69, 9.17) is 9.57 Å². The molecule has 6 heteroatoms. The number of hydrogen-bond acceptors (Lipinski definition) is 5. The molecule has 2 saturated heterocycles. The van der Waals surface area contributed by atoms with Gasteiger partial charge in [0.05, 0.1) is 18.2 Å². The molecule has 24 heavy (non-hydrogen) atoms. The number of methoxy groups -OCH3 is 1. The standard InChI is InChI=1S/C18H31N3O3/c1-16(2,3)14-11-18(12-21(18)24-14)19-15(22)17(4,5)20-9-7-13(23-6)8-10-20/h11,13H,7-10,12H2,1-6H3,(H,19,22). The molecule has 1 N–H and O–H groups in total. The van der Waals surface area contributed by atoms with E-state index in [1.54, 1.807) is 7.11 Å². The fourth-order valence-corrected chi connectivity index (χ4v) is 3.41. The minimum atomic E-state index is -0.542. The number of amides is 1. The molecule has 1 amide bonds. The smallest absolute Gasteiger partial charge is 0.241 e. The first kappa shape index (κ1) is 17.7. The molecule has 3 aliphatic rings. The first-order valence-corrected chi connectivity index (χ1v) is 8.88. The number of fused-ring (bicyclic) bond motifs is 1. The summed E-state index contributed by atoms with van der Waals surface area (Å²) in [6, 6.07) is 0. The van der Waals surface area contributed by atoms with Gasteiger partial charge in [-0.2, -0.15) is 0 Å². The van der Waals surface area contributed by atoms with Crippen LogP contribution in [-0.4, -0.2) is 59.9 Å². The second kappa shape index (κ2) is 5.71. The maximum absolute atomic E-state index is 13.0. The lowest BCUT2D eigenvalue weighted by atomic mass is 9.92. The van der Waals surface area contributed by atoms with Crippen LogP contribution < -0.4 is 5.32 Å². The molecule has 0 aromatic heterocycles. The van der Waals surface area contributed by atoms with Crippen LogP contribution in [-0.2, 0) is 14.4 Å². The summed E-state index contributed by atoms with van der Waals surface area (Å²) in [6.45, 7) is 12.8. The van der Waals surface area contributed by atoms with Crippen LogP contribution in [0, 0.1) is 5.41 Å². The molecule has 0 saturated carbocycles. The summed E-state index contributed by atoms with van der Waals surface area (Å²) in [5, 5.41) is 5.05. The van der Waals surface area contributed by atoms with Crippen LogP contribution in [0.3, 0.4) is 0 Å². The number of rotatable bonds is 4. The molecule has 2 atom stereocenters. The molecule has 0 bridgehead atoms. The SMILES string of the molecule is COC1CCN(C(C)(C)C(=O)NC23C=C(C(C)(C)C)ON2C3)CC1. The lowest BCUT2D eigenvalue weighted by Crippen LogP contribution is -2.59. The highest BCUT2D eigenvalue weighted by atomic mass is 16.7. The third-order valence-electron chi connectivity index (χ3n) is 5.50. The normalized spacial score (nSPS) is 31.2. The van der Waals surface area contributed by atoms with E-state index in [-0.39, 0.29) is 11.3 Å². The molecule has 6 nitrogen and oxygen atoms in total. The predicted molar refractivity (Wildman–Crippen MR) is 91.9 cm³/mol. The molecule has 136 valence electrons. The van der Waals surface area contributed by atoms with Gasteiger partial charge in [0.25, 0.3) is 0 Å². The number of carbonyl (C=O) groups is 1. The third kappa shape index (κ3) is 3.07. The summed E-state index contributed by atoms with van der Waals surface area (Å²) >= 11 is 0. The second-order valence-electron chi connectivity index (χ2n) is 8.75. The molecule has 0 aliphatic carbocycles. The van der Waals surface area contributed by atoms with Gasteiger partial charge in [0.2, 0.25) is 5.91 Å². The van der Waals surface area contributed by atoms with Gasteiger partial charge in [-0.25, -0.2) is 0 Å². The van der Waals surface area contributed by atoms with Gasteiger partial charge in [-0.3, -0.25) is 9.69 Å². The number of hydroxylamine groups is 2. The van der Waals surface area contributed by atoms with E-state index in [1.165, 1.54) is 0 Å². The van der Waals surface area contributed by atoms with Crippen LogP contribution in [0.25, 0.3) is 0 Å². The molecular weight excluding hydrogens is 306 g/mol. The third-order valence-corrected chi connectivity index (χ3v) is 5.50. The monoisotopic (exact) mass is 337 g/mol. The highest BCUT2D eigenvalue weighted by molar-refractivity contribution is 5.86. The van der Waals surface area contributed by atoms with Crippen molar-refractivity contribution < 1.29 is 14.4 Å². The van der Waals surface area contributed by atoms with Crippen molar-refractivity contribution in [3.05, 3.63) is 11.8 Å². The quantitative estimate of drug-likeness (QED) is 0.794. The van der Waals surface area contributed by atoms with Crippen LogP contribution in [0.4, 0.5) is 0 Å². The van der Waals surface area contributed by atoms with Crippen molar-refractivity contribution in [2.24, 2.45) is 5.41 Å². The molecule has 0 aromatic carbocycles. The van der Waals surface area contributed by atoms with E-state index in [9.17, 15) is 4.79 Å². The first-order chi connectivity index (χ1) is 11.1. The van der Waals surface area contributed by atoms with E-state index in [0.29, 0.717) is 6.10 Å². The van der Waals surface area contributed by atoms with Crippen molar-refractivity contribution in [1.29, 1.82) is 0 Å². The Balaban J connectivity index is 1.64. The van der Waals surface area contributed by atoms with Crippen LogP contribution in [0.2, 0.25) is 0 Å². The number of carbonyl (C=O) groups excluding carboxylic acids is 1. The number of ether oxygens (including phenoxy) is 1. The maximum Gasteiger partial charge on any atom is 0.241 e. The largest absolute Gasteiger partial charge is 0.407 e. The number of hydrogen-bond donors (Lipinski definition) is 1. The molecule has 0 spiro atoms. The Morgan fingerprint density at radius 3 is 2.42 bits per heavy atom. The van der Waals surface area contributed by atoms with E-state index in [1.807, 2.05) is 18.9 Å². The average Bonchev–Trinajstić information content (AvgIpc) is 3.05. The van der Waals surface area contributed by atoms with E-state index in [2.05, 4.69) is 37.1 Å². The summed E-state index contributed by atoms with van der Waals surface area (Å²) in [4.78, 5) is 21.1. The minimum Gasteiger partial charge on any atom is -0.407 e. The van der Waals surface area contributed by atoms with Gasteiger partial charge in [0, 0.05) is 31.7 Å². The Hall–Kier alpha value is -1.11. The minimum absolute atomic E-state index is 0.0517. The zero-order valence-electron chi connectivity index (χ0n) is 15.8.